The molecule has 4 heteroatoms. The largest absolute Gasteiger partial charge is 0.383 e. The van der Waals surface area contributed by atoms with Crippen LogP contribution in [-0.4, -0.2) is 44.2 Å². The highest BCUT2D eigenvalue weighted by Gasteiger charge is 2.28. The lowest BCUT2D eigenvalue weighted by molar-refractivity contribution is -0.131. The van der Waals surface area contributed by atoms with Gasteiger partial charge in [-0.3, -0.25) is 4.79 Å². The van der Waals surface area contributed by atoms with Crippen LogP contribution in [-0.2, 0) is 16.0 Å². The Hall–Kier alpha value is -1.55. The number of carbonyl (C=O) groups is 1. The van der Waals surface area contributed by atoms with Gasteiger partial charge in [-0.1, -0.05) is 18.2 Å². The van der Waals surface area contributed by atoms with E-state index in [-0.39, 0.29) is 11.9 Å². The maximum absolute atomic E-state index is 12.1. The number of anilines is 1. The fraction of sp³-hybridized carbons (Fsp3) is 0.462. The lowest BCUT2D eigenvalue weighted by Crippen LogP contribution is -2.41. The highest BCUT2D eigenvalue weighted by molar-refractivity contribution is 5.87. The van der Waals surface area contributed by atoms with Crippen LogP contribution in [0.15, 0.2) is 24.3 Å². The fourth-order valence-electron chi connectivity index (χ4n) is 2.05. The van der Waals surface area contributed by atoms with Crippen LogP contribution in [0.2, 0.25) is 0 Å². The van der Waals surface area contributed by atoms with Crippen LogP contribution in [0.3, 0.4) is 0 Å². The number of rotatable bonds is 4. The summed E-state index contributed by atoms with van der Waals surface area (Å²) in [6.07, 6.45) is 0.770. The monoisotopic (exact) mass is 234 g/mol. The Labute approximate surface area is 102 Å². The number of para-hydroxylation sites is 1. The molecule has 2 rings (SSSR count). The Morgan fingerprint density at radius 3 is 3.00 bits per heavy atom. The predicted molar refractivity (Wildman–Crippen MR) is 67.1 cm³/mol. The van der Waals surface area contributed by atoms with Gasteiger partial charge < -0.3 is 15.0 Å². The third-order valence-corrected chi connectivity index (χ3v) is 3.08. The van der Waals surface area contributed by atoms with Crippen LogP contribution < -0.4 is 5.32 Å². The van der Waals surface area contributed by atoms with E-state index in [1.165, 1.54) is 5.56 Å². The SMILES string of the molecule is COCCN(C)C(=O)[C@@H]1Cc2ccccc2N1. The summed E-state index contributed by atoms with van der Waals surface area (Å²) < 4.78 is 4.97. The van der Waals surface area contributed by atoms with Crippen LogP contribution in [0, 0.1) is 0 Å². The minimum Gasteiger partial charge on any atom is -0.383 e. The van der Waals surface area contributed by atoms with Crippen molar-refractivity contribution in [3.8, 4) is 0 Å². The van der Waals surface area contributed by atoms with E-state index < -0.39 is 0 Å². The number of methoxy groups -OCH3 is 1. The van der Waals surface area contributed by atoms with Crippen molar-refractivity contribution in [1.82, 2.24) is 4.90 Å². The summed E-state index contributed by atoms with van der Waals surface area (Å²) in [6.45, 7) is 1.20. The molecule has 0 radical (unpaired) electrons. The van der Waals surface area contributed by atoms with Crippen LogP contribution >= 0.6 is 0 Å². The van der Waals surface area contributed by atoms with Crippen molar-refractivity contribution in [3.05, 3.63) is 29.8 Å². The number of nitrogens with one attached hydrogen (secondary N) is 1. The molecule has 0 saturated heterocycles. The van der Waals surface area contributed by atoms with Gasteiger partial charge in [0.2, 0.25) is 5.91 Å². The number of likely N-dealkylation sites (N-methyl/N-ethyl adjacent to an activating group) is 1. The second kappa shape index (κ2) is 5.19. The fourth-order valence-corrected chi connectivity index (χ4v) is 2.05. The molecule has 4 nitrogen and oxygen atoms in total. The third kappa shape index (κ3) is 2.58. The molecule has 0 unspecified atom stereocenters. The van der Waals surface area contributed by atoms with Gasteiger partial charge in [0.1, 0.15) is 6.04 Å². The molecule has 1 aliphatic rings. The molecule has 1 atom stereocenters. The van der Waals surface area contributed by atoms with Crippen molar-refractivity contribution >= 4 is 11.6 Å². The summed E-state index contributed by atoms with van der Waals surface area (Å²) in [5, 5.41) is 3.26. The topological polar surface area (TPSA) is 41.6 Å². The summed E-state index contributed by atoms with van der Waals surface area (Å²) in [7, 11) is 3.45. The zero-order chi connectivity index (χ0) is 12.3. The summed E-state index contributed by atoms with van der Waals surface area (Å²) in [5.41, 5.74) is 2.29. The molecule has 0 fully saturated rings. The predicted octanol–water partition coefficient (Wildman–Crippen LogP) is 1.13. The lowest BCUT2D eigenvalue weighted by atomic mass is 10.1. The second-order valence-corrected chi connectivity index (χ2v) is 4.31. The van der Waals surface area contributed by atoms with Gasteiger partial charge in [-0.2, -0.15) is 0 Å². The third-order valence-electron chi connectivity index (χ3n) is 3.08. The maximum atomic E-state index is 12.1. The van der Waals surface area contributed by atoms with Gasteiger partial charge in [-0.15, -0.1) is 0 Å². The number of hydrogen-bond donors (Lipinski definition) is 1. The number of ether oxygens (including phenoxy) is 1. The number of benzene rings is 1. The summed E-state index contributed by atoms with van der Waals surface area (Å²) in [4.78, 5) is 13.8. The first-order valence-electron chi connectivity index (χ1n) is 5.80. The van der Waals surface area contributed by atoms with Crippen molar-refractivity contribution in [2.24, 2.45) is 0 Å². The second-order valence-electron chi connectivity index (χ2n) is 4.31. The highest BCUT2D eigenvalue weighted by atomic mass is 16.5. The van der Waals surface area contributed by atoms with Gasteiger partial charge in [0.05, 0.1) is 6.61 Å². The number of hydrogen-bond acceptors (Lipinski definition) is 3. The zero-order valence-corrected chi connectivity index (χ0v) is 10.3. The van der Waals surface area contributed by atoms with E-state index in [1.54, 1.807) is 12.0 Å². The van der Waals surface area contributed by atoms with Crippen LogP contribution in [0.25, 0.3) is 0 Å². The van der Waals surface area contributed by atoms with Gasteiger partial charge in [0, 0.05) is 32.8 Å². The molecule has 1 aliphatic heterocycles. The highest BCUT2D eigenvalue weighted by Crippen LogP contribution is 2.25. The van der Waals surface area contributed by atoms with Crippen molar-refractivity contribution < 1.29 is 9.53 Å². The van der Waals surface area contributed by atoms with Gasteiger partial charge in [0.25, 0.3) is 0 Å². The van der Waals surface area contributed by atoms with Gasteiger partial charge in [-0.05, 0) is 11.6 Å². The van der Waals surface area contributed by atoms with Gasteiger partial charge in [0.15, 0.2) is 0 Å². The van der Waals surface area contributed by atoms with Gasteiger partial charge in [-0.25, -0.2) is 0 Å². The van der Waals surface area contributed by atoms with Crippen molar-refractivity contribution in [2.75, 3.05) is 32.6 Å². The molecule has 1 aromatic carbocycles. The molecule has 1 aromatic rings. The minimum absolute atomic E-state index is 0.123. The Balaban J connectivity index is 1.96. The number of nitrogens with zero attached hydrogens (tertiary/aromatic N) is 1. The van der Waals surface area contributed by atoms with E-state index >= 15 is 0 Å². The van der Waals surface area contributed by atoms with Gasteiger partial charge >= 0.3 is 0 Å². The quantitative estimate of drug-likeness (QED) is 0.849. The molecule has 0 spiro atoms. The normalized spacial score (nSPS) is 17.4. The molecule has 0 aromatic heterocycles. The number of amides is 1. The van der Waals surface area contributed by atoms with Crippen molar-refractivity contribution in [3.63, 3.8) is 0 Å². The molecule has 17 heavy (non-hydrogen) atoms. The first-order valence-corrected chi connectivity index (χ1v) is 5.80. The molecule has 0 saturated carbocycles. The Bertz CT molecular complexity index is 381. The first-order chi connectivity index (χ1) is 8.22. The maximum Gasteiger partial charge on any atom is 0.245 e. The Morgan fingerprint density at radius 2 is 2.29 bits per heavy atom. The van der Waals surface area contributed by atoms with Crippen LogP contribution in [0.1, 0.15) is 5.56 Å². The molecule has 1 N–H and O–H groups in total. The first kappa shape index (κ1) is 11.9. The lowest BCUT2D eigenvalue weighted by Gasteiger charge is -2.21. The summed E-state index contributed by atoms with van der Waals surface area (Å²) in [6, 6.07) is 7.92. The van der Waals surface area contributed by atoms with E-state index in [1.807, 2.05) is 25.2 Å². The van der Waals surface area contributed by atoms with E-state index in [0.717, 1.165) is 12.1 Å². The van der Waals surface area contributed by atoms with Crippen LogP contribution in [0.5, 0.6) is 0 Å². The van der Waals surface area contributed by atoms with E-state index in [9.17, 15) is 4.79 Å². The molecule has 1 heterocycles. The molecule has 1 amide bonds. The Kier molecular flexibility index (Phi) is 3.64. The molecule has 0 aliphatic carbocycles. The number of fused-ring (bicyclic) bond motifs is 1. The average Bonchev–Trinajstić information content (AvgIpc) is 2.78. The standard InChI is InChI=1S/C13H18N2O2/c1-15(7-8-17-2)13(16)12-9-10-5-3-4-6-11(10)14-12/h3-6,12,14H,7-9H2,1-2H3/t12-/m0/s1. The molecular weight excluding hydrogens is 216 g/mol. The van der Waals surface area contributed by atoms with E-state index in [4.69, 9.17) is 4.74 Å². The number of carbonyl (C=O) groups excluding carboxylic acids is 1. The zero-order valence-electron chi connectivity index (χ0n) is 10.3. The smallest absolute Gasteiger partial charge is 0.245 e. The summed E-state index contributed by atoms with van der Waals surface area (Å²) >= 11 is 0. The Morgan fingerprint density at radius 1 is 1.53 bits per heavy atom. The van der Waals surface area contributed by atoms with Crippen molar-refractivity contribution in [2.45, 2.75) is 12.5 Å². The van der Waals surface area contributed by atoms with Crippen LogP contribution in [0.4, 0.5) is 5.69 Å². The summed E-state index contributed by atoms with van der Waals surface area (Å²) in [5.74, 6) is 0.123. The minimum atomic E-state index is -0.130. The van der Waals surface area contributed by atoms with Crippen molar-refractivity contribution in [1.29, 1.82) is 0 Å². The van der Waals surface area contributed by atoms with E-state index in [0.29, 0.717) is 13.2 Å². The molecule has 92 valence electrons. The molecule has 0 bridgehead atoms. The average molecular weight is 234 g/mol. The van der Waals surface area contributed by atoms with E-state index in [2.05, 4.69) is 11.4 Å². The molecular formula is C13H18N2O2.